The summed E-state index contributed by atoms with van der Waals surface area (Å²) >= 11 is 1.61. The van der Waals surface area contributed by atoms with Gasteiger partial charge in [0.15, 0.2) is 0 Å². The van der Waals surface area contributed by atoms with E-state index in [1.54, 1.807) is 23.6 Å². The van der Waals surface area contributed by atoms with Crippen LogP contribution < -0.4 is 10.5 Å². The van der Waals surface area contributed by atoms with Crippen LogP contribution >= 0.6 is 11.3 Å². The van der Waals surface area contributed by atoms with Crippen molar-refractivity contribution in [3.05, 3.63) is 59.2 Å². The maximum absolute atomic E-state index is 13.1. The normalized spacial score (nSPS) is 10.4. The zero-order valence-corrected chi connectivity index (χ0v) is 11.2. The topological polar surface area (TPSA) is 48.1 Å². The summed E-state index contributed by atoms with van der Waals surface area (Å²) < 4.78 is 18.8. The van der Waals surface area contributed by atoms with Gasteiger partial charge in [-0.2, -0.15) is 11.3 Å². The van der Waals surface area contributed by atoms with Gasteiger partial charge in [0.2, 0.25) is 0 Å². The molecule has 0 bridgehead atoms. The van der Waals surface area contributed by atoms with E-state index < -0.39 is 5.82 Å². The van der Waals surface area contributed by atoms with Crippen LogP contribution in [0.15, 0.2) is 53.4 Å². The minimum Gasteiger partial charge on any atom is -0.457 e. The van der Waals surface area contributed by atoms with Crippen LogP contribution in [-0.2, 0) is 0 Å². The minimum atomic E-state index is -0.453. The third kappa shape index (κ3) is 2.62. The first-order chi connectivity index (χ1) is 9.72. The first-order valence-electron chi connectivity index (χ1n) is 5.94. The molecule has 20 heavy (non-hydrogen) atoms. The molecule has 0 atom stereocenters. The zero-order valence-electron chi connectivity index (χ0n) is 10.4. The largest absolute Gasteiger partial charge is 0.457 e. The summed E-state index contributed by atoms with van der Waals surface area (Å²) in [5, 5.41) is 4.01. The number of anilines is 1. The first-order valence-corrected chi connectivity index (χ1v) is 6.88. The van der Waals surface area contributed by atoms with Crippen LogP contribution in [0.2, 0.25) is 0 Å². The van der Waals surface area contributed by atoms with Gasteiger partial charge in [-0.3, -0.25) is 4.98 Å². The maximum atomic E-state index is 13.1. The molecule has 0 fully saturated rings. The second-order valence-electron chi connectivity index (χ2n) is 4.17. The number of ether oxygens (including phenoxy) is 1. The quantitative estimate of drug-likeness (QED) is 0.729. The van der Waals surface area contributed by atoms with Crippen molar-refractivity contribution in [3.63, 3.8) is 0 Å². The van der Waals surface area contributed by atoms with Crippen molar-refractivity contribution in [2.24, 2.45) is 0 Å². The maximum Gasteiger partial charge on any atom is 0.146 e. The summed E-state index contributed by atoms with van der Waals surface area (Å²) in [6.07, 6.45) is 1.68. The summed E-state index contributed by atoms with van der Waals surface area (Å²) in [7, 11) is 0. The number of hydrogen-bond donors (Lipinski definition) is 1. The minimum absolute atomic E-state index is 0.0645. The standard InChI is InChI=1S/C15H11FN2OS/c16-13-2-1-11(7-14(13)17)19-12-3-5-18-15(8-12)10-4-6-20-9-10/h1-9H,17H2. The van der Waals surface area contributed by atoms with Crippen molar-refractivity contribution in [2.75, 3.05) is 5.73 Å². The van der Waals surface area contributed by atoms with E-state index in [9.17, 15) is 4.39 Å². The summed E-state index contributed by atoms with van der Waals surface area (Å²) in [6.45, 7) is 0. The molecular formula is C15H11FN2OS. The highest BCUT2D eigenvalue weighted by Crippen LogP contribution is 2.28. The van der Waals surface area contributed by atoms with Gasteiger partial charge in [0.05, 0.1) is 11.4 Å². The summed E-state index contributed by atoms with van der Waals surface area (Å²) in [4.78, 5) is 4.30. The lowest BCUT2D eigenvalue weighted by Crippen LogP contribution is -1.92. The Morgan fingerprint density at radius 3 is 2.70 bits per heavy atom. The van der Waals surface area contributed by atoms with Gasteiger partial charge < -0.3 is 10.5 Å². The van der Waals surface area contributed by atoms with E-state index in [1.165, 1.54) is 18.2 Å². The molecule has 1 aromatic carbocycles. The lowest BCUT2D eigenvalue weighted by molar-refractivity contribution is 0.480. The van der Waals surface area contributed by atoms with Crippen molar-refractivity contribution < 1.29 is 9.13 Å². The Hall–Kier alpha value is -2.40. The van der Waals surface area contributed by atoms with E-state index in [0.717, 1.165) is 11.3 Å². The van der Waals surface area contributed by atoms with E-state index in [4.69, 9.17) is 10.5 Å². The fourth-order valence-electron chi connectivity index (χ4n) is 1.76. The second kappa shape index (κ2) is 5.30. The Kier molecular flexibility index (Phi) is 3.35. The molecule has 2 heterocycles. The van der Waals surface area contributed by atoms with Crippen LogP contribution in [0.4, 0.5) is 10.1 Å². The lowest BCUT2D eigenvalue weighted by Gasteiger charge is -2.07. The highest BCUT2D eigenvalue weighted by atomic mass is 32.1. The number of rotatable bonds is 3. The number of aromatic nitrogens is 1. The molecule has 3 nitrogen and oxygen atoms in total. The summed E-state index contributed by atoms with van der Waals surface area (Å²) in [5.74, 6) is 0.671. The average molecular weight is 286 g/mol. The summed E-state index contributed by atoms with van der Waals surface area (Å²) in [5.41, 5.74) is 7.45. The fourth-order valence-corrected chi connectivity index (χ4v) is 2.41. The summed E-state index contributed by atoms with van der Waals surface area (Å²) in [6, 6.07) is 9.85. The molecule has 0 unspecified atom stereocenters. The van der Waals surface area contributed by atoms with Crippen molar-refractivity contribution in [1.29, 1.82) is 0 Å². The highest BCUT2D eigenvalue weighted by molar-refractivity contribution is 7.08. The number of benzene rings is 1. The number of nitrogen functional groups attached to an aromatic ring is 1. The number of halogens is 1. The average Bonchev–Trinajstić information content (AvgIpc) is 2.97. The zero-order chi connectivity index (χ0) is 13.9. The Bertz CT molecular complexity index is 728. The Morgan fingerprint density at radius 2 is 1.95 bits per heavy atom. The van der Waals surface area contributed by atoms with Gasteiger partial charge in [-0.15, -0.1) is 0 Å². The molecule has 0 spiro atoms. The van der Waals surface area contributed by atoms with E-state index in [-0.39, 0.29) is 5.69 Å². The van der Waals surface area contributed by atoms with Gasteiger partial charge in [0.1, 0.15) is 17.3 Å². The Labute approximate surface area is 119 Å². The van der Waals surface area contributed by atoms with Gasteiger partial charge in [-0.25, -0.2) is 4.39 Å². The van der Waals surface area contributed by atoms with Crippen LogP contribution in [0.3, 0.4) is 0 Å². The van der Waals surface area contributed by atoms with E-state index >= 15 is 0 Å². The second-order valence-corrected chi connectivity index (χ2v) is 4.95. The molecule has 0 radical (unpaired) electrons. The predicted molar refractivity (Wildman–Crippen MR) is 78.4 cm³/mol. The Morgan fingerprint density at radius 1 is 1.10 bits per heavy atom. The fraction of sp³-hybridized carbons (Fsp3) is 0. The Balaban J connectivity index is 1.87. The molecule has 0 amide bonds. The molecule has 100 valence electrons. The van der Waals surface area contributed by atoms with Crippen LogP contribution in [0.5, 0.6) is 11.5 Å². The third-order valence-electron chi connectivity index (χ3n) is 2.75. The molecular weight excluding hydrogens is 275 g/mol. The number of pyridine rings is 1. The molecule has 0 saturated heterocycles. The molecule has 2 aromatic heterocycles. The van der Waals surface area contributed by atoms with Crippen LogP contribution in [0.1, 0.15) is 0 Å². The molecule has 0 aliphatic carbocycles. The van der Waals surface area contributed by atoms with Gasteiger partial charge in [-0.1, -0.05) is 0 Å². The van der Waals surface area contributed by atoms with Gasteiger partial charge in [0, 0.05) is 29.3 Å². The highest BCUT2D eigenvalue weighted by Gasteiger charge is 2.05. The molecule has 0 aliphatic heterocycles. The molecule has 3 rings (SSSR count). The van der Waals surface area contributed by atoms with Crippen LogP contribution in [0, 0.1) is 5.82 Å². The molecule has 0 saturated carbocycles. The van der Waals surface area contributed by atoms with E-state index in [0.29, 0.717) is 11.5 Å². The number of hydrogen-bond acceptors (Lipinski definition) is 4. The molecule has 5 heteroatoms. The van der Waals surface area contributed by atoms with Crippen molar-refractivity contribution in [3.8, 4) is 22.8 Å². The van der Waals surface area contributed by atoms with Gasteiger partial charge in [-0.05, 0) is 29.6 Å². The van der Waals surface area contributed by atoms with Gasteiger partial charge in [0.25, 0.3) is 0 Å². The first kappa shape index (κ1) is 12.6. The van der Waals surface area contributed by atoms with E-state index in [1.807, 2.05) is 22.9 Å². The third-order valence-corrected chi connectivity index (χ3v) is 3.43. The van der Waals surface area contributed by atoms with Crippen molar-refractivity contribution in [1.82, 2.24) is 4.98 Å². The number of nitrogens with zero attached hydrogens (tertiary/aromatic N) is 1. The van der Waals surface area contributed by atoms with E-state index in [2.05, 4.69) is 4.98 Å². The number of nitrogens with two attached hydrogens (primary N) is 1. The predicted octanol–water partition coefficient (Wildman–Crippen LogP) is 4.32. The van der Waals surface area contributed by atoms with Crippen LogP contribution in [0.25, 0.3) is 11.3 Å². The van der Waals surface area contributed by atoms with Crippen molar-refractivity contribution >= 4 is 17.0 Å². The van der Waals surface area contributed by atoms with Crippen molar-refractivity contribution in [2.45, 2.75) is 0 Å². The monoisotopic (exact) mass is 286 g/mol. The molecule has 0 aliphatic rings. The lowest BCUT2D eigenvalue weighted by atomic mass is 10.2. The molecule has 2 N–H and O–H groups in total. The number of thiophene rings is 1. The smallest absolute Gasteiger partial charge is 0.146 e. The molecule has 3 aromatic rings. The SMILES string of the molecule is Nc1cc(Oc2ccnc(-c3ccsc3)c2)ccc1F. The van der Waals surface area contributed by atoms with Crippen LogP contribution in [-0.4, -0.2) is 4.98 Å². The van der Waals surface area contributed by atoms with Gasteiger partial charge >= 0.3 is 0 Å².